The fraction of sp³-hybridized carbons (Fsp3) is 0.214. The van der Waals surface area contributed by atoms with Crippen LogP contribution in [0, 0.1) is 0 Å². The Labute approximate surface area is 115 Å². The van der Waals surface area contributed by atoms with Crippen LogP contribution in [0.3, 0.4) is 0 Å². The Bertz CT molecular complexity index is 566. The lowest BCUT2D eigenvalue weighted by molar-refractivity contribution is -0.151. The zero-order valence-corrected chi connectivity index (χ0v) is 10.7. The van der Waals surface area contributed by atoms with Crippen molar-refractivity contribution >= 4 is 11.9 Å². The molecule has 2 aromatic rings. The first kappa shape index (κ1) is 13.8. The minimum absolute atomic E-state index is 0.135. The number of hydrogen-bond donors (Lipinski definition) is 1. The molecular weight excluding hydrogens is 260 g/mol. The van der Waals surface area contributed by atoms with Gasteiger partial charge in [0.25, 0.3) is 0 Å². The summed E-state index contributed by atoms with van der Waals surface area (Å²) in [5.41, 5.74) is 0.857. The molecule has 20 heavy (non-hydrogen) atoms. The first-order valence-corrected chi connectivity index (χ1v) is 6.06. The van der Waals surface area contributed by atoms with E-state index in [9.17, 15) is 9.59 Å². The van der Waals surface area contributed by atoms with Gasteiger partial charge in [-0.25, -0.2) is 9.78 Å². The molecule has 0 saturated carbocycles. The topological polar surface area (TPSA) is 81.4 Å². The van der Waals surface area contributed by atoms with E-state index < -0.39 is 18.0 Å². The number of imidazole rings is 1. The SMILES string of the molecule is O=C(C[C@H](C(=O)O)n1ccnc1)OCc1ccccc1. The van der Waals surface area contributed by atoms with Crippen molar-refractivity contribution in [3.63, 3.8) is 0 Å². The quantitative estimate of drug-likeness (QED) is 0.810. The number of carboxylic acids is 1. The monoisotopic (exact) mass is 274 g/mol. The molecule has 2 rings (SSSR count). The predicted octanol–water partition coefficient (Wildman–Crippen LogP) is 1.64. The van der Waals surface area contributed by atoms with Crippen molar-refractivity contribution in [1.82, 2.24) is 9.55 Å². The van der Waals surface area contributed by atoms with Gasteiger partial charge in [-0.15, -0.1) is 0 Å². The second-order valence-corrected chi connectivity index (χ2v) is 4.21. The minimum atomic E-state index is -1.10. The molecule has 0 amide bonds. The number of aromatic nitrogens is 2. The van der Waals surface area contributed by atoms with Crippen molar-refractivity contribution in [2.45, 2.75) is 19.1 Å². The van der Waals surface area contributed by atoms with E-state index in [1.165, 1.54) is 23.3 Å². The summed E-state index contributed by atoms with van der Waals surface area (Å²) in [6, 6.07) is 8.21. The van der Waals surface area contributed by atoms with Gasteiger partial charge in [0.05, 0.1) is 12.7 Å². The summed E-state index contributed by atoms with van der Waals surface area (Å²) in [5.74, 6) is -1.66. The summed E-state index contributed by atoms with van der Waals surface area (Å²) >= 11 is 0. The van der Waals surface area contributed by atoms with Crippen LogP contribution in [0.15, 0.2) is 49.1 Å². The Kier molecular flexibility index (Phi) is 4.49. The molecule has 1 N–H and O–H groups in total. The van der Waals surface area contributed by atoms with Crippen molar-refractivity contribution in [1.29, 1.82) is 0 Å². The zero-order chi connectivity index (χ0) is 14.4. The Morgan fingerprint density at radius 3 is 2.65 bits per heavy atom. The van der Waals surface area contributed by atoms with Gasteiger partial charge in [0, 0.05) is 12.4 Å². The molecule has 1 aromatic heterocycles. The number of carboxylic acid groups (broad SMARTS) is 1. The van der Waals surface area contributed by atoms with Gasteiger partial charge in [0.1, 0.15) is 12.6 Å². The standard InChI is InChI=1S/C14H14N2O4/c17-13(20-9-11-4-2-1-3-5-11)8-12(14(18)19)16-7-6-15-10-16/h1-7,10,12H,8-9H2,(H,18,19)/t12-/m1/s1. The lowest BCUT2D eigenvalue weighted by Crippen LogP contribution is -2.22. The smallest absolute Gasteiger partial charge is 0.327 e. The predicted molar refractivity (Wildman–Crippen MR) is 69.8 cm³/mol. The van der Waals surface area contributed by atoms with E-state index in [4.69, 9.17) is 9.84 Å². The molecule has 6 heteroatoms. The molecule has 1 atom stereocenters. The fourth-order valence-electron chi connectivity index (χ4n) is 1.73. The average Bonchev–Trinajstić information content (AvgIpc) is 2.97. The highest BCUT2D eigenvalue weighted by molar-refractivity contribution is 5.80. The normalized spacial score (nSPS) is 11.8. The number of carbonyl (C=O) groups excluding carboxylic acids is 1. The lowest BCUT2D eigenvalue weighted by Gasteiger charge is -2.13. The van der Waals surface area contributed by atoms with Crippen molar-refractivity contribution in [3.05, 3.63) is 54.6 Å². The van der Waals surface area contributed by atoms with Crippen LogP contribution in [-0.2, 0) is 20.9 Å². The van der Waals surface area contributed by atoms with E-state index in [1.54, 1.807) is 0 Å². The molecule has 0 spiro atoms. The van der Waals surface area contributed by atoms with Gasteiger partial charge in [0.2, 0.25) is 0 Å². The lowest BCUT2D eigenvalue weighted by atomic mass is 10.2. The Balaban J connectivity index is 1.91. The number of nitrogens with zero attached hydrogens (tertiary/aromatic N) is 2. The number of ether oxygens (including phenoxy) is 1. The van der Waals surface area contributed by atoms with Crippen molar-refractivity contribution in [3.8, 4) is 0 Å². The van der Waals surface area contributed by atoms with E-state index >= 15 is 0 Å². The van der Waals surface area contributed by atoms with E-state index in [2.05, 4.69) is 4.98 Å². The summed E-state index contributed by atoms with van der Waals surface area (Å²) in [4.78, 5) is 26.6. The third kappa shape index (κ3) is 3.68. The van der Waals surface area contributed by atoms with E-state index in [0.717, 1.165) is 5.56 Å². The average molecular weight is 274 g/mol. The second-order valence-electron chi connectivity index (χ2n) is 4.21. The molecule has 0 radical (unpaired) electrons. The number of esters is 1. The van der Waals surface area contributed by atoms with Crippen LogP contribution in [0.2, 0.25) is 0 Å². The maximum Gasteiger partial charge on any atom is 0.327 e. The summed E-state index contributed by atoms with van der Waals surface area (Å²) < 4.78 is 6.44. The highest BCUT2D eigenvalue weighted by atomic mass is 16.5. The molecule has 0 saturated heterocycles. The molecule has 0 fully saturated rings. The number of rotatable bonds is 6. The maximum absolute atomic E-state index is 11.7. The molecule has 0 unspecified atom stereocenters. The van der Waals surface area contributed by atoms with Crippen LogP contribution in [0.1, 0.15) is 18.0 Å². The molecule has 1 aromatic carbocycles. The van der Waals surface area contributed by atoms with Gasteiger partial charge < -0.3 is 14.4 Å². The molecule has 104 valence electrons. The minimum Gasteiger partial charge on any atom is -0.480 e. The van der Waals surface area contributed by atoms with Gasteiger partial charge in [0.15, 0.2) is 0 Å². The maximum atomic E-state index is 11.7. The largest absolute Gasteiger partial charge is 0.480 e. The zero-order valence-electron chi connectivity index (χ0n) is 10.7. The van der Waals surface area contributed by atoms with E-state index in [1.807, 2.05) is 30.3 Å². The number of hydrogen-bond acceptors (Lipinski definition) is 4. The van der Waals surface area contributed by atoms with Gasteiger partial charge in [-0.05, 0) is 5.56 Å². The Morgan fingerprint density at radius 1 is 1.30 bits per heavy atom. The van der Waals surface area contributed by atoms with E-state index in [-0.39, 0.29) is 13.0 Å². The van der Waals surface area contributed by atoms with Gasteiger partial charge >= 0.3 is 11.9 Å². The van der Waals surface area contributed by atoms with Crippen LogP contribution < -0.4 is 0 Å². The Morgan fingerprint density at radius 2 is 2.05 bits per heavy atom. The summed E-state index contributed by atoms with van der Waals surface area (Å²) in [6.07, 6.45) is 4.09. The summed E-state index contributed by atoms with van der Waals surface area (Å²) in [7, 11) is 0. The van der Waals surface area contributed by atoms with Crippen molar-refractivity contribution in [2.24, 2.45) is 0 Å². The first-order valence-electron chi connectivity index (χ1n) is 6.06. The molecule has 0 aliphatic carbocycles. The van der Waals surface area contributed by atoms with Gasteiger partial charge in [-0.3, -0.25) is 4.79 Å². The molecular formula is C14H14N2O4. The Hall–Kier alpha value is -2.63. The van der Waals surface area contributed by atoms with Crippen LogP contribution in [0.25, 0.3) is 0 Å². The van der Waals surface area contributed by atoms with Crippen LogP contribution in [0.5, 0.6) is 0 Å². The van der Waals surface area contributed by atoms with Crippen LogP contribution >= 0.6 is 0 Å². The highest BCUT2D eigenvalue weighted by Gasteiger charge is 2.23. The van der Waals surface area contributed by atoms with Gasteiger partial charge in [-0.1, -0.05) is 30.3 Å². The third-order valence-electron chi connectivity index (χ3n) is 2.77. The molecule has 0 aliphatic rings. The van der Waals surface area contributed by atoms with Gasteiger partial charge in [-0.2, -0.15) is 0 Å². The second kappa shape index (κ2) is 6.51. The number of aliphatic carboxylic acids is 1. The van der Waals surface area contributed by atoms with Crippen molar-refractivity contribution in [2.75, 3.05) is 0 Å². The fourth-order valence-corrected chi connectivity index (χ4v) is 1.73. The molecule has 0 bridgehead atoms. The summed E-state index contributed by atoms with van der Waals surface area (Å²) in [6.45, 7) is 0.135. The highest BCUT2D eigenvalue weighted by Crippen LogP contribution is 2.13. The van der Waals surface area contributed by atoms with E-state index in [0.29, 0.717) is 0 Å². The number of carbonyl (C=O) groups is 2. The molecule has 6 nitrogen and oxygen atoms in total. The number of benzene rings is 1. The van der Waals surface area contributed by atoms with Crippen molar-refractivity contribution < 1.29 is 19.4 Å². The first-order chi connectivity index (χ1) is 9.66. The summed E-state index contributed by atoms with van der Waals surface area (Å²) in [5, 5.41) is 9.12. The molecule has 1 heterocycles. The molecule has 0 aliphatic heterocycles. The van der Waals surface area contributed by atoms with Crippen LogP contribution in [0.4, 0.5) is 0 Å². The third-order valence-corrected chi connectivity index (χ3v) is 2.77. The van der Waals surface area contributed by atoms with Crippen LogP contribution in [-0.4, -0.2) is 26.6 Å².